The number of aliphatic imine (C=N–C) groups is 1. The summed E-state index contributed by atoms with van der Waals surface area (Å²) < 4.78 is 11.5. The third-order valence-electron chi connectivity index (χ3n) is 4.80. The van der Waals surface area contributed by atoms with Gasteiger partial charge in [0.25, 0.3) is 0 Å². The summed E-state index contributed by atoms with van der Waals surface area (Å²) in [6, 6.07) is 16.1. The maximum Gasteiger partial charge on any atom is 0.192 e. The van der Waals surface area contributed by atoms with Gasteiger partial charge in [0.15, 0.2) is 8.32 Å². The molecule has 0 fully saturated rings. The van der Waals surface area contributed by atoms with E-state index < -0.39 is 8.32 Å². The SMILES string of the molecule is COc1cccc(/N=C/c2ccc(CO[Si](C)(C)C(C)(C)C)cc2)c1. The summed E-state index contributed by atoms with van der Waals surface area (Å²) in [6.45, 7) is 12.0. The second-order valence-corrected chi connectivity index (χ2v) is 12.6. The molecule has 0 amide bonds. The Morgan fingerprint density at radius 3 is 2.32 bits per heavy atom. The second-order valence-electron chi connectivity index (χ2n) is 7.75. The minimum atomic E-state index is -1.71. The molecule has 0 N–H and O–H groups in total. The van der Waals surface area contributed by atoms with Gasteiger partial charge in [-0.15, -0.1) is 0 Å². The molecule has 134 valence electrons. The van der Waals surface area contributed by atoms with E-state index in [-0.39, 0.29) is 5.04 Å². The normalized spacial score (nSPS) is 12.6. The van der Waals surface area contributed by atoms with Gasteiger partial charge in [0.2, 0.25) is 0 Å². The lowest BCUT2D eigenvalue weighted by molar-refractivity contribution is 0.276. The monoisotopic (exact) mass is 355 g/mol. The highest BCUT2D eigenvalue weighted by Crippen LogP contribution is 2.37. The summed E-state index contributed by atoms with van der Waals surface area (Å²) in [7, 11) is -0.0477. The largest absolute Gasteiger partial charge is 0.497 e. The molecule has 0 saturated carbocycles. The van der Waals surface area contributed by atoms with E-state index in [2.05, 4.69) is 63.1 Å². The Morgan fingerprint density at radius 1 is 1.04 bits per heavy atom. The standard InChI is InChI=1S/C21H29NO2Si/c1-21(2,3)25(5,6)24-16-18-12-10-17(11-13-18)15-22-19-8-7-9-20(14-19)23-4/h7-15H,16H2,1-6H3/b22-15+. The first kappa shape index (κ1) is 19.4. The molecule has 0 saturated heterocycles. The Bertz CT molecular complexity index is 715. The molecule has 2 aromatic rings. The number of ether oxygens (including phenoxy) is 1. The van der Waals surface area contributed by atoms with Crippen LogP contribution in [-0.2, 0) is 11.0 Å². The Kier molecular flexibility index (Phi) is 6.19. The van der Waals surface area contributed by atoms with Crippen LogP contribution in [0, 0.1) is 0 Å². The molecule has 0 radical (unpaired) electrons. The summed E-state index contributed by atoms with van der Waals surface area (Å²) in [5.74, 6) is 0.813. The Morgan fingerprint density at radius 2 is 1.72 bits per heavy atom. The van der Waals surface area contributed by atoms with Crippen LogP contribution in [0.5, 0.6) is 5.75 Å². The third-order valence-corrected chi connectivity index (χ3v) is 9.28. The fourth-order valence-electron chi connectivity index (χ4n) is 2.02. The van der Waals surface area contributed by atoms with E-state index >= 15 is 0 Å². The molecular formula is C21H29NO2Si. The van der Waals surface area contributed by atoms with Crippen LogP contribution in [0.2, 0.25) is 18.1 Å². The van der Waals surface area contributed by atoms with Crippen LogP contribution in [-0.4, -0.2) is 21.6 Å². The first-order valence-corrected chi connectivity index (χ1v) is 11.5. The van der Waals surface area contributed by atoms with Crippen molar-refractivity contribution in [1.29, 1.82) is 0 Å². The van der Waals surface area contributed by atoms with Gasteiger partial charge in [0.1, 0.15) is 5.75 Å². The molecule has 0 unspecified atom stereocenters. The molecule has 2 rings (SSSR count). The van der Waals surface area contributed by atoms with Gasteiger partial charge in [-0.3, -0.25) is 4.99 Å². The van der Waals surface area contributed by atoms with Crippen LogP contribution in [0.15, 0.2) is 53.5 Å². The van der Waals surface area contributed by atoms with Crippen molar-refractivity contribution in [2.45, 2.75) is 45.5 Å². The molecule has 0 bridgehead atoms. The van der Waals surface area contributed by atoms with Gasteiger partial charge in [0.05, 0.1) is 19.4 Å². The Balaban J connectivity index is 1.99. The molecule has 0 aliphatic rings. The second kappa shape index (κ2) is 7.98. The van der Waals surface area contributed by atoms with Gasteiger partial charge >= 0.3 is 0 Å². The van der Waals surface area contributed by atoms with Gasteiger partial charge in [-0.2, -0.15) is 0 Å². The van der Waals surface area contributed by atoms with Crippen LogP contribution in [0.1, 0.15) is 31.9 Å². The van der Waals surface area contributed by atoms with E-state index in [0.29, 0.717) is 6.61 Å². The number of methoxy groups -OCH3 is 1. The summed E-state index contributed by atoms with van der Waals surface area (Å²) in [6.07, 6.45) is 1.87. The molecule has 0 aromatic heterocycles. The predicted molar refractivity (Wildman–Crippen MR) is 109 cm³/mol. The van der Waals surface area contributed by atoms with Crippen LogP contribution in [0.3, 0.4) is 0 Å². The molecule has 0 atom stereocenters. The zero-order valence-electron chi connectivity index (χ0n) is 16.2. The zero-order valence-corrected chi connectivity index (χ0v) is 17.2. The molecule has 25 heavy (non-hydrogen) atoms. The fourth-order valence-corrected chi connectivity index (χ4v) is 2.98. The van der Waals surface area contributed by atoms with Gasteiger partial charge in [0, 0.05) is 12.3 Å². The maximum absolute atomic E-state index is 6.27. The summed E-state index contributed by atoms with van der Waals surface area (Å²) >= 11 is 0. The highest BCUT2D eigenvalue weighted by molar-refractivity contribution is 6.74. The van der Waals surface area contributed by atoms with Gasteiger partial charge in [-0.1, -0.05) is 51.1 Å². The van der Waals surface area contributed by atoms with E-state index in [1.807, 2.05) is 30.5 Å². The number of hydrogen-bond acceptors (Lipinski definition) is 3. The van der Waals surface area contributed by atoms with E-state index in [9.17, 15) is 0 Å². The van der Waals surface area contributed by atoms with Crippen molar-refractivity contribution in [1.82, 2.24) is 0 Å². The molecule has 0 spiro atoms. The quantitative estimate of drug-likeness (QED) is 0.472. The summed E-state index contributed by atoms with van der Waals surface area (Å²) in [4.78, 5) is 4.50. The van der Waals surface area contributed by atoms with Crippen molar-refractivity contribution in [3.8, 4) is 5.75 Å². The first-order valence-electron chi connectivity index (χ1n) is 8.62. The maximum atomic E-state index is 6.27. The molecule has 3 nitrogen and oxygen atoms in total. The van der Waals surface area contributed by atoms with Crippen LogP contribution < -0.4 is 4.74 Å². The average Bonchev–Trinajstić information content (AvgIpc) is 2.58. The minimum absolute atomic E-state index is 0.232. The van der Waals surface area contributed by atoms with Crippen molar-refractivity contribution < 1.29 is 9.16 Å². The number of benzene rings is 2. The Hall–Kier alpha value is -1.91. The zero-order chi connectivity index (χ0) is 18.5. The Labute approximate surface area is 152 Å². The van der Waals surface area contributed by atoms with Crippen molar-refractivity contribution in [2.24, 2.45) is 4.99 Å². The van der Waals surface area contributed by atoms with E-state index in [0.717, 1.165) is 17.0 Å². The molecule has 0 aliphatic carbocycles. The highest BCUT2D eigenvalue weighted by atomic mass is 28.4. The first-order chi connectivity index (χ1) is 11.7. The average molecular weight is 356 g/mol. The van der Waals surface area contributed by atoms with Crippen molar-refractivity contribution in [3.05, 3.63) is 59.7 Å². The topological polar surface area (TPSA) is 30.8 Å². The molecule has 0 heterocycles. The van der Waals surface area contributed by atoms with Gasteiger partial charge in [-0.25, -0.2) is 0 Å². The van der Waals surface area contributed by atoms with Crippen LogP contribution in [0.4, 0.5) is 5.69 Å². The van der Waals surface area contributed by atoms with Crippen molar-refractivity contribution in [3.63, 3.8) is 0 Å². The molecule has 0 aliphatic heterocycles. The third kappa shape index (κ3) is 5.55. The van der Waals surface area contributed by atoms with Crippen molar-refractivity contribution in [2.75, 3.05) is 7.11 Å². The summed E-state index contributed by atoms with van der Waals surface area (Å²) in [5, 5.41) is 0.232. The minimum Gasteiger partial charge on any atom is -0.497 e. The number of rotatable bonds is 6. The smallest absolute Gasteiger partial charge is 0.192 e. The number of hydrogen-bond donors (Lipinski definition) is 0. The molecular weight excluding hydrogens is 326 g/mol. The summed E-state index contributed by atoms with van der Waals surface area (Å²) in [5.41, 5.74) is 3.15. The number of nitrogens with zero attached hydrogens (tertiary/aromatic N) is 1. The molecule has 4 heteroatoms. The van der Waals surface area contributed by atoms with Gasteiger partial charge in [-0.05, 0) is 41.4 Å². The van der Waals surface area contributed by atoms with E-state index in [1.165, 1.54) is 5.56 Å². The predicted octanol–water partition coefficient (Wildman–Crippen LogP) is 5.97. The highest BCUT2D eigenvalue weighted by Gasteiger charge is 2.36. The molecule has 2 aromatic carbocycles. The lowest BCUT2D eigenvalue weighted by Crippen LogP contribution is -2.40. The fraction of sp³-hybridized carbons (Fsp3) is 0.381. The lowest BCUT2D eigenvalue weighted by Gasteiger charge is -2.36. The van der Waals surface area contributed by atoms with Crippen LogP contribution in [0.25, 0.3) is 0 Å². The van der Waals surface area contributed by atoms with E-state index in [4.69, 9.17) is 9.16 Å². The van der Waals surface area contributed by atoms with Gasteiger partial charge < -0.3 is 9.16 Å². The van der Waals surface area contributed by atoms with E-state index in [1.54, 1.807) is 7.11 Å². The van der Waals surface area contributed by atoms with Crippen LogP contribution >= 0.6 is 0 Å². The van der Waals surface area contributed by atoms with Crippen molar-refractivity contribution >= 4 is 20.2 Å². The lowest BCUT2D eigenvalue weighted by atomic mass is 10.1.